The number of aromatic nitrogens is 4. The summed E-state index contributed by atoms with van der Waals surface area (Å²) in [5, 5.41) is 7.60. The summed E-state index contributed by atoms with van der Waals surface area (Å²) in [5.41, 5.74) is 8.54. The minimum atomic E-state index is 0.490. The number of aryl methyl sites for hydroxylation is 2. The summed E-state index contributed by atoms with van der Waals surface area (Å²) >= 11 is 0. The van der Waals surface area contributed by atoms with Gasteiger partial charge in [0.1, 0.15) is 18.0 Å². The monoisotopic (exact) mass is 232 g/mol. The molecule has 0 radical (unpaired) electrons. The lowest BCUT2D eigenvalue weighted by Crippen LogP contribution is -2.02. The van der Waals surface area contributed by atoms with Gasteiger partial charge in [-0.25, -0.2) is 9.97 Å². The van der Waals surface area contributed by atoms with Crippen LogP contribution in [0.5, 0.6) is 0 Å². The number of rotatable bonds is 3. The maximum absolute atomic E-state index is 5.74. The number of hydrogen-bond donors (Lipinski definition) is 2. The Hall–Kier alpha value is -2.11. The average Bonchev–Trinajstić information content (AvgIpc) is 2.65. The smallest absolute Gasteiger partial charge is 0.138 e. The zero-order valence-corrected chi connectivity index (χ0v) is 10.2. The Morgan fingerprint density at radius 1 is 1.41 bits per heavy atom. The molecule has 2 aromatic rings. The molecule has 2 rings (SSSR count). The van der Waals surface area contributed by atoms with Crippen molar-refractivity contribution < 1.29 is 0 Å². The average molecular weight is 232 g/mol. The second-order valence-electron chi connectivity index (χ2n) is 3.87. The molecule has 3 N–H and O–H groups in total. The first-order chi connectivity index (χ1) is 8.11. The first-order valence-corrected chi connectivity index (χ1v) is 5.48. The highest BCUT2D eigenvalue weighted by Gasteiger charge is 2.09. The quantitative estimate of drug-likeness (QED) is 0.836. The van der Waals surface area contributed by atoms with Crippen molar-refractivity contribution in [2.24, 2.45) is 7.05 Å². The van der Waals surface area contributed by atoms with Crippen LogP contribution in [-0.4, -0.2) is 19.7 Å². The van der Waals surface area contributed by atoms with E-state index >= 15 is 0 Å². The normalized spacial score (nSPS) is 10.5. The van der Waals surface area contributed by atoms with Gasteiger partial charge in [0.15, 0.2) is 0 Å². The number of anilines is 3. The molecule has 0 unspecified atom stereocenters. The van der Waals surface area contributed by atoms with Crippen molar-refractivity contribution in [1.82, 2.24) is 19.7 Å². The van der Waals surface area contributed by atoms with Crippen molar-refractivity contribution in [1.29, 1.82) is 0 Å². The second kappa shape index (κ2) is 4.40. The molecule has 0 aromatic carbocycles. The molecule has 0 aliphatic rings. The maximum atomic E-state index is 5.74. The van der Waals surface area contributed by atoms with Crippen molar-refractivity contribution in [3.8, 4) is 0 Å². The van der Waals surface area contributed by atoms with E-state index in [4.69, 9.17) is 5.73 Å². The highest BCUT2D eigenvalue weighted by Crippen LogP contribution is 2.22. The fourth-order valence-electron chi connectivity index (χ4n) is 1.62. The zero-order chi connectivity index (χ0) is 12.4. The van der Waals surface area contributed by atoms with Crippen LogP contribution in [0.3, 0.4) is 0 Å². The maximum Gasteiger partial charge on any atom is 0.138 e. The van der Waals surface area contributed by atoms with Gasteiger partial charge in [-0.15, -0.1) is 0 Å². The third kappa shape index (κ3) is 2.20. The fourth-order valence-corrected chi connectivity index (χ4v) is 1.62. The van der Waals surface area contributed by atoms with Gasteiger partial charge in [0.2, 0.25) is 0 Å². The highest BCUT2D eigenvalue weighted by molar-refractivity contribution is 5.64. The Kier molecular flexibility index (Phi) is 2.95. The van der Waals surface area contributed by atoms with Crippen LogP contribution in [0.2, 0.25) is 0 Å². The lowest BCUT2D eigenvalue weighted by atomic mass is 10.2. The predicted octanol–water partition coefficient (Wildman–Crippen LogP) is 1.41. The predicted molar refractivity (Wildman–Crippen MR) is 67.1 cm³/mol. The van der Waals surface area contributed by atoms with E-state index in [0.29, 0.717) is 5.82 Å². The van der Waals surface area contributed by atoms with E-state index in [1.54, 1.807) is 4.68 Å². The van der Waals surface area contributed by atoms with E-state index in [1.807, 2.05) is 20.2 Å². The standard InChI is InChI=1S/C11H16N6/c1-4-8-9(5-17(3)16-8)15-11-7(2)10(12)13-6-14-11/h5-6H,4H2,1-3H3,(H3,12,13,14,15). The van der Waals surface area contributed by atoms with Crippen molar-refractivity contribution >= 4 is 17.3 Å². The molecule has 2 heterocycles. The molecule has 0 atom stereocenters. The van der Waals surface area contributed by atoms with Crippen LogP contribution in [0.25, 0.3) is 0 Å². The largest absolute Gasteiger partial charge is 0.383 e. The molecule has 6 nitrogen and oxygen atoms in total. The van der Waals surface area contributed by atoms with E-state index in [2.05, 4.69) is 27.3 Å². The topological polar surface area (TPSA) is 81.7 Å². The summed E-state index contributed by atoms with van der Waals surface area (Å²) in [4.78, 5) is 8.11. The van der Waals surface area contributed by atoms with Crippen LogP contribution in [0.15, 0.2) is 12.5 Å². The van der Waals surface area contributed by atoms with Crippen LogP contribution in [0, 0.1) is 6.92 Å². The summed E-state index contributed by atoms with van der Waals surface area (Å²) in [5.74, 6) is 1.21. The van der Waals surface area contributed by atoms with Gasteiger partial charge in [-0.05, 0) is 13.3 Å². The first-order valence-electron chi connectivity index (χ1n) is 5.48. The van der Waals surface area contributed by atoms with Gasteiger partial charge in [0, 0.05) is 18.8 Å². The van der Waals surface area contributed by atoms with Crippen LogP contribution >= 0.6 is 0 Å². The summed E-state index contributed by atoms with van der Waals surface area (Å²) < 4.78 is 1.78. The van der Waals surface area contributed by atoms with Gasteiger partial charge in [-0.1, -0.05) is 6.92 Å². The Morgan fingerprint density at radius 3 is 2.88 bits per heavy atom. The lowest BCUT2D eigenvalue weighted by Gasteiger charge is -2.08. The van der Waals surface area contributed by atoms with Crippen molar-refractivity contribution in [2.45, 2.75) is 20.3 Å². The molecule has 0 saturated carbocycles. The fraction of sp³-hybridized carbons (Fsp3) is 0.364. The van der Waals surface area contributed by atoms with E-state index in [1.165, 1.54) is 6.33 Å². The van der Waals surface area contributed by atoms with Crippen molar-refractivity contribution in [3.63, 3.8) is 0 Å². The van der Waals surface area contributed by atoms with Gasteiger partial charge in [-0.3, -0.25) is 4.68 Å². The molecule has 2 aromatic heterocycles. The highest BCUT2D eigenvalue weighted by atomic mass is 15.3. The van der Waals surface area contributed by atoms with Crippen molar-refractivity contribution in [2.75, 3.05) is 11.1 Å². The minimum absolute atomic E-state index is 0.490. The summed E-state index contributed by atoms with van der Waals surface area (Å²) in [6.07, 6.45) is 4.24. The third-order valence-corrected chi connectivity index (χ3v) is 2.62. The summed E-state index contributed by atoms with van der Waals surface area (Å²) in [7, 11) is 1.89. The van der Waals surface area contributed by atoms with Crippen LogP contribution in [0.1, 0.15) is 18.2 Å². The number of nitrogen functional groups attached to an aromatic ring is 1. The minimum Gasteiger partial charge on any atom is -0.383 e. The molecule has 0 bridgehead atoms. The van der Waals surface area contributed by atoms with E-state index in [-0.39, 0.29) is 0 Å². The number of hydrogen-bond acceptors (Lipinski definition) is 5. The van der Waals surface area contributed by atoms with Crippen LogP contribution < -0.4 is 11.1 Å². The molecule has 0 aliphatic heterocycles. The molecule has 0 saturated heterocycles. The molecule has 17 heavy (non-hydrogen) atoms. The van der Waals surface area contributed by atoms with Crippen LogP contribution in [-0.2, 0) is 13.5 Å². The van der Waals surface area contributed by atoms with Gasteiger partial charge < -0.3 is 11.1 Å². The number of nitrogens with two attached hydrogens (primary N) is 1. The molecular weight excluding hydrogens is 216 g/mol. The second-order valence-corrected chi connectivity index (χ2v) is 3.87. The molecule has 0 amide bonds. The third-order valence-electron chi connectivity index (χ3n) is 2.62. The Balaban J connectivity index is 2.34. The van der Waals surface area contributed by atoms with E-state index in [9.17, 15) is 0 Å². The molecule has 90 valence electrons. The zero-order valence-electron chi connectivity index (χ0n) is 10.2. The lowest BCUT2D eigenvalue weighted by molar-refractivity contribution is 0.746. The Labute approximate surface area is 99.9 Å². The molecule has 0 spiro atoms. The molecule has 6 heteroatoms. The first kappa shape index (κ1) is 11.4. The van der Waals surface area contributed by atoms with Crippen molar-refractivity contribution in [3.05, 3.63) is 23.8 Å². The van der Waals surface area contributed by atoms with Gasteiger partial charge in [-0.2, -0.15) is 5.10 Å². The van der Waals surface area contributed by atoms with Gasteiger partial charge >= 0.3 is 0 Å². The Morgan fingerprint density at radius 2 is 2.18 bits per heavy atom. The van der Waals surface area contributed by atoms with E-state index < -0.39 is 0 Å². The Bertz CT molecular complexity index is 531. The number of nitrogens with zero attached hydrogens (tertiary/aromatic N) is 4. The van der Waals surface area contributed by atoms with Crippen LogP contribution in [0.4, 0.5) is 17.3 Å². The van der Waals surface area contributed by atoms with E-state index in [0.717, 1.165) is 29.2 Å². The molecular formula is C11H16N6. The summed E-state index contributed by atoms with van der Waals surface area (Å²) in [6.45, 7) is 3.95. The summed E-state index contributed by atoms with van der Waals surface area (Å²) in [6, 6.07) is 0. The molecule has 0 fully saturated rings. The molecule has 0 aliphatic carbocycles. The van der Waals surface area contributed by atoms with Gasteiger partial charge in [0.05, 0.1) is 11.4 Å². The SMILES string of the molecule is CCc1nn(C)cc1Nc1ncnc(N)c1C. The number of nitrogens with one attached hydrogen (secondary N) is 1. The van der Waals surface area contributed by atoms with Gasteiger partial charge in [0.25, 0.3) is 0 Å².